The van der Waals surface area contributed by atoms with E-state index in [1.807, 2.05) is 206 Å². The molecule has 2 aliphatic rings. The fourth-order valence-corrected chi connectivity index (χ4v) is 25.8. The normalized spacial score (nSPS) is 11.9. The lowest BCUT2D eigenvalue weighted by atomic mass is 9.89. The van der Waals surface area contributed by atoms with E-state index in [0.717, 1.165) is 73.8 Å². The predicted molar refractivity (Wildman–Crippen MR) is 583 cm³/mol. The number of ether oxygens (including phenoxy) is 8. The molecule has 0 radical (unpaired) electrons. The molecule has 0 amide bonds. The third-order valence-electron chi connectivity index (χ3n) is 22.4. The standard InChI is InChI=1S/C27H29O3S.C26H27O3S.C24H21O4S.C22H19O2S.C21H17O2S.C6H6/c28-27(22-10-4-1-5-11-22)30-21-20-29-23-16-18-26(19-17-23)31(24-12-6-2-7-13-24)25-14-8-3-9-15-25;27-26(21-9-7-8-10-21)29-20-19-28-22-15-17-25(18-16-22)30(23-11-3-1-4-12-23)24-13-5-2-6-14-24;1-18(2)24(26)27-17-23(25)28-19-13-15-22(16-14-19)29(20-9-5-3-6-10-20)21-11-7-4-8-12-21;1-17(2)22(23)24-18-13-15-21(16-14-18)25(19-9-5-3-6-10-19)20-11-7-4-8-12-20;1-2-21(22)23-17-13-15-20(16-14-17)24(18-9-5-3-6-10-18)19-11-7-4-8-12-19;1-2-4-6-5-3-1/h2-3,6-9,12-19,22H,1,4-5,10-11,20-21H2;1-6,11-18,21H,7-10,19-20H2;3-16H,1,17H2,2H3;3-16H,1H2,2H3;2-16H,1H2;1-6H/q5*+1;. The molecule has 2 saturated carbocycles. The van der Waals surface area contributed by atoms with Crippen molar-refractivity contribution < 1.29 is 66.7 Å². The molecule has 0 unspecified atom stereocenters. The Labute approximate surface area is 867 Å². The number of carbonyl (C=O) groups excluding carboxylic acids is 6. The number of esters is 6. The zero-order chi connectivity index (χ0) is 101. The Morgan fingerprint density at radius 2 is 0.441 bits per heavy atom. The first-order valence-electron chi connectivity index (χ1n) is 48.2. The molecule has 0 atom stereocenters. The molecule has 16 aromatic rings. The first kappa shape index (κ1) is 107. The number of carbonyl (C=O) groups is 6. The Morgan fingerprint density at radius 1 is 0.241 bits per heavy atom. The van der Waals surface area contributed by atoms with Crippen LogP contribution in [0, 0.1) is 11.8 Å². The summed E-state index contributed by atoms with van der Waals surface area (Å²) < 4.78 is 42.9. The van der Waals surface area contributed by atoms with Gasteiger partial charge in [-0.1, -0.05) is 270 Å². The first-order chi connectivity index (χ1) is 71.1. The summed E-state index contributed by atoms with van der Waals surface area (Å²) in [5.41, 5.74) is 0.619. The van der Waals surface area contributed by atoms with Crippen molar-refractivity contribution in [2.24, 2.45) is 11.8 Å². The molecule has 18 rings (SSSR count). The lowest BCUT2D eigenvalue weighted by molar-refractivity contribution is -0.150. The van der Waals surface area contributed by atoms with Crippen molar-refractivity contribution in [3.05, 3.63) is 498 Å². The number of benzene rings is 16. The summed E-state index contributed by atoms with van der Waals surface area (Å²) in [4.78, 5) is 88.8. The van der Waals surface area contributed by atoms with Gasteiger partial charge in [0.1, 0.15) is 55.2 Å². The quantitative estimate of drug-likeness (QED) is 0.00948. The van der Waals surface area contributed by atoms with Gasteiger partial charge < -0.3 is 37.9 Å². The van der Waals surface area contributed by atoms with Gasteiger partial charge in [-0.25, -0.2) is 19.2 Å². The van der Waals surface area contributed by atoms with Crippen molar-refractivity contribution in [3.63, 3.8) is 0 Å². The van der Waals surface area contributed by atoms with Crippen LogP contribution in [0.3, 0.4) is 0 Å². The van der Waals surface area contributed by atoms with Crippen molar-refractivity contribution >= 4 is 90.3 Å². The van der Waals surface area contributed by atoms with Gasteiger partial charge in [-0.3, -0.25) is 9.59 Å². The van der Waals surface area contributed by atoms with E-state index in [2.05, 4.69) is 262 Å². The highest BCUT2D eigenvalue weighted by Crippen LogP contribution is 2.39. The second kappa shape index (κ2) is 59.1. The van der Waals surface area contributed by atoms with Crippen molar-refractivity contribution in [3.8, 4) is 28.7 Å². The molecule has 0 aromatic heterocycles. The summed E-state index contributed by atoms with van der Waals surface area (Å²) in [5.74, 6) is 0.969. The van der Waals surface area contributed by atoms with Gasteiger partial charge in [0.2, 0.25) is 0 Å². The van der Waals surface area contributed by atoms with Gasteiger partial charge in [0.25, 0.3) is 0 Å². The Hall–Kier alpha value is -15.1. The van der Waals surface area contributed by atoms with E-state index in [-0.39, 0.29) is 83.8 Å². The number of rotatable bonds is 33. The Balaban J connectivity index is 0.000000150. The predicted octanol–water partition coefficient (Wildman–Crippen LogP) is 28.8. The highest BCUT2D eigenvalue weighted by Gasteiger charge is 2.35. The van der Waals surface area contributed by atoms with Crippen LogP contribution in [0.1, 0.15) is 71.6 Å². The molecule has 0 bridgehead atoms. The third kappa shape index (κ3) is 34.6. The summed E-state index contributed by atoms with van der Waals surface area (Å²) in [6.07, 6.45) is 10.8. The van der Waals surface area contributed by atoms with Gasteiger partial charge in [-0.15, -0.1) is 0 Å². The molecule has 145 heavy (non-hydrogen) atoms. The lowest BCUT2D eigenvalue weighted by Gasteiger charge is -2.19. The molecule has 16 aromatic carbocycles. The Bertz CT molecular complexity index is 6380. The van der Waals surface area contributed by atoms with Crippen molar-refractivity contribution in [2.75, 3.05) is 33.0 Å². The molecule has 732 valence electrons. The molecule has 0 spiro atoms. The second-order valence-corrected chi connectivity index (χ2v) is 43.3. The fraction of sp³-hybridized carbons (Fsp3) is 0.143. The van der Waals surface area contributed by atoms with Crippen LogP contribution < -0.4 is 23.7 Å². The Kier molecular flexibility index (Phi) is 43.7. The van der Waals surface area contributed by atoms with E-state index >= 15 is 0 Å². The van der Waals surface area contributed by atoms with Gasteiger partial charge in [0.05, 0.1) is 66.3 Å². The molecular formula is C126H119O14S5+5. The monoisotopic (exact) mass is 2020 g/mol. The average molecular weight is 2020 g/mol. The zero-order valence-electron chi connectivity index (χ0n) is 81.4. The van der Waals surface area contributed by atoms with Crippen LogP contribution in [0.4, 0.5) is 0 Å². The first-order valence-corrected chi connectivity index (χ1v) is 54.3. The maximum absolute atomic E-state index is 12.1. The summed E-state index contributed by atoms with van der Waals surface area (Å²) >= 11 is 0. The molecule has 2 fully saturated rings. The maximum atomic E-state index is 12.1. The van der Waals surface area contributed by atoms with Crippen LogP contribution in [0.15, 0.2) is 571 Å². The van der Waals surface area contributed by atoms with Crippen LogP contribution in [0.5, 0.6) is 28.7 Å². The van der Waals surface area contributed by atoms with E-state index in [1.54, 1.807) is 19.1 Å². The van der Waals surface area contributed by atoms with E-state index < -0.39 is 30.5 Å². The molecule has 14 nitrogen and oxygen atoms in total. The van der Waals surface area contributed by atoms with E-state index in [1.165, 1.54) is 81.9 Å². The minimum Gasteiger partial charge on any atom is -0.490 e. The smallest absolute Gasteiger partial charge is 0.349 e. The largest absolute Gasteiger partial charge is 0.490 e. The van der Waals surface area contributed by atoms with Gasteiger partial charge in [-0.2, -0.15) is 0 Å². The molecule has 0 heterocycles. The van der Waals surface area contributed by atoms with Gasteiger partial charge in [-0.05, 0) is 282 Å². The van der Waals surface area contributed by atoms with E-state index in [9.17, 15) is 28.8 Å². The van der Waals surface area contributed by atoms with E-state index in [4.69, 9.17) is 37.9 Å². The van der Waals surface area contributed by atoms with Crippen LogP contribution in [0.2, 0.25) is 0 Å². The third-order valence-corrected chi connectivity index (χ3v) is 33.6. The minimum absolute atomic E-state index is 0.0617. The average Bonchev–Trinajstić information content (AvgIpc) is 1.36. The highest BCUT2D eigenvalue weighted by atomic mass is 32.2. The summed E-state index contributed by atoms with van der Waals surface area (Å²) in [6, 6.07) is 156. The van der Waals surface area contributed by atoms with Crippen LogP contribution in [-0.2, 0) is 97.5 Å². The summed E-state index contributed by atoms with van der Waals surface area (Å²) in [7, 11) is -0.998. The minimum atomic E-state index is -0.641. The van der Waals surface area contributed by atoms with Crippen LogP contribution in [0.25, 0.3) is 0 Å². The molecule has 0 N–H and O–H groups in total. The van der Waals surface area contributed by atoms with Gasteiger partial charge >= 0.3 is 35.8 Å². The lowest BCUT2D eigenvalue weighted by Crippen LogP contribution is -2.22. The number of hydrogen-bond donors (Lipinski definition) is 0. The van der Waals surface area contributed by atoms with Crippen molar-refractivity contribution in [1.29, 1.82) is 0 Å². The molecule has 2 aliphatic carbocycles. The van der Waals surface area contributed by atoms with Gasteiger partial charge in [0, 0.05) is 17.2 Å². The molecule has 0 saturated heterocycles. The maximum Gasteiger partial charge on any atom is 0.349 e. The topological polar surface area (TPSA) is 176 Å². The van der Waals surface area contributed by atoms with Crippen molar-refractivity contribution in [1.82, 2.24) is 0 Å². The number of hydrogen-bond acceptors (Lipinski definition) is 14. The zero-order valence-corrected chi connectivity index (χ0v) is 85.5. The Morgan fingerprint density at radius 3 is 0.669 bits per heavy atom. The fourth-order valence-electron chi connectivity index (χ4n) is 15.4. The second-order valence-electron chi connectivity index (χ2n) is 33.1. The molecule has 19 heteroatoms. The highest BCUT2D eigenvalue weighted by molar-refractivity contribution is 7.98. The molecule has 0 aliphatic heterocycles. The summed E-state index contributed by atoms with van der Waals surface area (Å²) in [5, 5.41) is 0. The SMILES string of the molecule is C=C(C)C(=O)OCC(=O)Oc1ccc([S+](c2ccccc2)c2ccccc2)cc1.C=C(C)C(=O)Oc1ccc([S+](c2ccccc2)c2ccccc2)cc1.C=CC(=O)Oc1ccc([S+](c2ccccc2)c2ccccc2)cc1.O=C(OCCOc1ccc([S+](c2ccccc2)c2ccccc2)cc1)C1CCCC1.O=C(OCCOc1ccc([S+](c2ccccc2)c2ccccc2)cc1)C1CCCCC1.c1ccccc1. The summed E-state index contributed by atoms with van der Waals surface area (Å²) in [6.45, 7) is 14.5. The van der Waals surface area contributed by atoms with Crippen LogP contribution in [-0.4, -0.2) is 68.9 Å². The van der Waals surface area contributed by atoms with E-state index in [0.29, 0.717) is 49.2 Å². The van der Waals surface area contributed by atoms with Gasteiger partial charge in [0.15, 0.2) is 80.0 Å². The van der Waals surface area contributed by atoms with Crippen LogP contribution >= 0.6 is 0 Å². The molecular weight excluding hydrogens is 1900 g/mol. The van der Waals surface area contributed by atoms with Crippen molar-refractivity contribution in [2.45, 2.75) is 145 Å².